The number of rotatable bonds is 2. The van der Waals surface area contributed by atoms with Gasteiger partial charge in [-0.2, -0.15) is 0 Å². The average Bonchev–Trinajstić information content (AvgIpc) is 2.81. The van der Waals surface area contributed by atoms with Crippen LogP contribution in [0.1, 0.15) is 18.1 Å². The highest BCUT2D eigenvalue weighted by Crippen LogP contribution is 2.15. The molecular weight excluding hydrogens is 248 g/mol. The summed E-state index contributed by atoms with van der Waals surface area (Å²) in [5.74, 6) is 1.81. The minimum Gasteiger partial charge on any atom is -0.376 e. The molecule has 2 unspecified atom stereocenters. The van der Waals surface area contributed by atoms with Gasteiger partial charge in [0.2, 0.25) is 0 Å². The first-order chi connectivity index (χ1) is 9.24. The molecule has 3 rings (SSSR count). The highest BCUT2D eigenvalue weighted by molar-refractivity contribution is 5.81. The molecule has 0 spiro atoms. The van der Waals surface area contributed by atoms with Crippen LogP contribution in [0.2, 0.25) is 0 Å². The molecule has 0 aromatic carbocycles. The van der Waals surface area contributed by atoms with E-state index in [2.05, 4.69) is 20.1 Å². The Morgan fingerprint density at radius 3 is 3.11 bits per heavy atom. The molecule has 2 atom stereocenters. The van der Waals surface area contributed by atoms with E-state index >= 15 is 0 Å². The predicted octanol–water partition coefficient (Wildman–Crippen LogP) is -0.567. The Balaban J connectivity index is 1.59. The van der Waals surface area contributed by atoms with Crippen molar-refractivity contribution in [1.29, 1.82) is 0 Å². The number of hydrogen-bond donors (Lipinski definition) is 1. The highest BCUT2D eigenvalue weighted by Gasteiger charge is 2.27. The van der Waals surface area contributed by atoms with Gasteiger partial charge in [0.1, 0.15) is 11.6 Å². The summed E-state index contributed by atoms with van der Waals surface area (Å²) in [6.07, 6.45) is 1.25. The number of amides is 1. The van der Waals surface area contributed by atoms with Crippen molar-refractivity contribution >= 4 is 5.91 Å². The van der Waals surface area contributed by atoms with Gasteiger partial charge in [0.05, 0.1) is 19.8 Å². The molecule has 0 radical (unpaired) electrons. The van der Waals surface area contributed by atoms with Gasteiger partial charge in [-0.25, -0.2) is 0 Å². The molecule has 1 amide bonds. The number of fused-ring (bicyclic) bond motifs is 1. The van der Waals surface area contributed by atoms with E-state index in [0.29, 0.717) is 19.8 Å². The summed E-state index contributed by atoms with van der Waals surface area (Å²) in [6, 6.07) is 0.111. The number of ether oxygens (including phenoxy) is 2. The van der Waals surface area contributed by atoms with Gasteiger partial charge in [0, 0.05) is 19.0 Å². The van der Waals surface area contributed by atoms with Gasteiger partial charge in [0.15, 0.2) is 6.10 Å². The van der Waals surface area contributed by atoms with E-state index < -0.39 is 6.10 Å². The first-order valence-corrected chi connectivity index (χ1v) is 6.62. The van der Waals surface area contributed by atoms with Gasteiger partial charge < -0.3 is 19.4 Å². The number of aryl methyl sites for hydroxylation is 2. The third-order valence-electron chi connectivity index (χ3n) is 3.59. The third kappa shape index (κ3) is 2.62. The number of nitrogens with one attached hydrogen (secondary N) is 1. The fourth-order valence-electron chi connectivity index (χ4n) is 2.51. The molecule has 2 aliphatic heterocycles. The lowest BCUT2D eigenvalue weighted by molar-refractivity contribution is -0.148. The molecule has 0 saturated carbocycles. The van der Waals surface area contributed by atoms with Crippen LogP contribution in [0.25, 0.3) is 0 Å². The SMILES string of the molecule is Cc1nnc2n1CC(NC(=O)C1COCCO1)CC2. The van der Waals surface area contributed by atoms with Crippen LogP contribution >= 0.6 is 0 Å². The largest absolute Gasteiger partial charge is 0.376 e. The zero-order valence-corrected chi connectivity index (χ0v) is 11.0. The van der Waals surface area contributed by atoms with Gasteiger partial charge in [-0.05, 0) is 13.3 Å². The van der Waals surface area contributed by atoms with Gasteiger partial charge in [0.25, 0.3) is 5.91 Å². The van der Waals surface area contributed by atoms with E-state index in [1.165, 1.54) is 0 Å². The fourth-order valence-corrected chi connectivity index (χ4v) is 2.51. The monoisotopic (exact) mass is 266 g/mol. The van der Waals surface area contributed by atoms with E-state index in [0.717, 1.165) is 31.0 Å². The lowest BCUT2D eigenvalue weighted by Crippen LogP contribution is -2.49. The summed E-state index contributed by atoms with van der Waals surface area (Å²) in [6.45, 7) is 4.05. The van der Waals surface area contributed by atoms with E-state index in [4.69, 9.17) is 9.47 Å². The quantitative estimate of drug-likeness (QED) is 0.776. The number of hydrogen-bond acceptors (Lipinski definition) is 5. The molecule has 1 N–H and O–H groups in total. The maximum Gasteiger partial charge on any atom is 0.251 e. The topological polar surface area (TPSA) is 78.3 Å². The summed E-state index contributed by atoms with van der Waals surface area (Å²) < 4.78 is 12.7. The summed E-state index contributed by atoms with van der Waals surface area (Å²) in [4.78, 5) is 12.0. The molecule has 0 aliphatic carbocycles. The summed E-state index contributed by atoms with van der Waals surface area (Å²) in [7, 11) is 0. The van der Waals surface area contributed by atoms with Crippen LogP contribution in [0.4, 0.5) is 0 Å². The molecule has 1 saturated heterocycles. The molecule has 7 heteroatoms. The van der Waals surface area contributed by atoms with Crippen molar-refractivity contribution in [2.45, 2.75) is 38.5 Å². The second-order valence-electron chi connectivity index (χ2n) is 4.95. The van der Waals surface area contributed by atoms with Crippen LogP contribution < -0.4 is 5.32 Å². The third-order valence-corrected chi connectivity index (χ3v) is 3.59. The van der Waals surface area contributed by atoms with Gasteiger partial charge >= 0.3 is 0 Å². The highest BCUT2D eigenvalue weighted by atomic mass is 16.6. The summed E-state index contributed by atoms with van der Waals surface area (Å²) in [5, 5.41) is 11.2. The molecule has 0 bridgehead atoms. The Morgan fingerprint density at radius 1 is 1.42 bits per heavy atom. The molecule has 2 aliphatic rings. The number of carbonyl (C=O) groups excluding carboxylic acids is 1. The van der Waals surface area contributed by atoms with E-state index in [1.54, 1.807) is 0 Å². The smallest absolute Gasteiger partial charge is 0.251 e. The Labute approximate surface area is 111 Å². The van der Waals surface area contributed by atoms with E-state index in [9.17, 15) is 4.79 Å². The van der Waals surface area contributed by atoms with Crippen molar-refractivity contribution in [3.8, 4) is 0 Å². The Hall–Kier alpha value is -1.47. The average molecular weight is 266 g/mol. The second kappa shape index (κ2) is 5.26. The zero-order valence-electron chi connectivity index (χ0n) is 11.0. The minimum atomic E-state index is -0.475. The van der Waals surface area contributed by atoms with Crippen molar-refractivity contribution in [2.24, 2.45) is 0 Å². The predicted molar refractivity (Wildman–Crippen MR) is 65.6 cm³/mol. The normalized spacial score (nSPS) is 26.8. The van der Waals surface area contributed by atoms with Crippen molar-refractivity contribution in [3.05, 3.63) is 11.6 Å². The van der Waals surface area contributed by atoms with Gasteiger partial charge in [-0.1, -0.05) is 0 Å². The molecule has 19 heavy (non-hydrogen) atoms. The summed E-state index contributed by atoms with van der Waals surface area (Å²) in [5.41, 5.74) is 0. The zero-order chi connectivity index (χ0) is 13.2. The van der Waals surface area contributed by atoms with Crippen molar-refractivity contribution in [3.63, 3.8) is 0 Å². The molecule has 7 nitrogen and oxygen atoms in total. The van der Waals surface area contributed by atoms with Crippen LogP contribution in [0.3, 0.4) is 0 Å². The summed E-state index contributed by atoms with van der Waals surface area (Å²) >= 11 is 0. The standard InChI is InChI=1S/C12H18N4O3/c1-8-14-15-11-3-2-9(6-16(8)11)13-12(17)10-7-18-4-5-19-10/h9-10H,2-7H2,1H3,(H,13,17). The Kier molecular flexibility index (Phi) is 3.48. The lowest BCUT2D eigenvalue weighted by atomic mass is 10.1. The maximum absolute atomic E-state index is 12.0. The van der Waals surface area contributed by atoms with Crippen LogP contribution in [0, 0.1) is 6.92 Å². The van der Waals surface area contributed by atoms with Crippen LogP contribution in [0.15, 0.2) is 0 Å². The van der Waals surface area contributed by atoms with Crippen molar-refractivity contribution < 1.29 is 14.3 Å². The number of aromatic nitrogens is 3. The molecule has 1 aromatic heterocycles. The second-order valence-corrected chi connectivity index (χ2v) is 4.95. The molecular formula is C12H18N4O3. The molecule has 1 aromatic rings. The van der Waals surface area contributed by atoms with Gasteiger partial charge in [-0.15, -0.1) is 10.2 Å². The van der Waals surface area contributed by atoms with Gasteiger partial charge in [-0.3, -0.25) is 4.79 Å². The van der Waals surface area contributed by atoms with Crippen LogP contribution in [-0.2, 0) is 27.2 Å². The van der Waals surface area contributed by atoms with Crippen LogP contribution in [0.5, 0.6) is 0 Å². The van der Waals surface area contributed by atoms with Crippen LogP contribution in [-0.4, -0.2) is 52.6 Å². The Bertz CT molecular complexity index is 468. The fraction of sp³-hybridized carbons (Fsp3) is 0.750. The first-order valence-electron chi connectivity index (χ1n) is 6.62. The molecule has 1 fully saturated rings. The minimum absolute atomic E-state index is 0.0844. The number of carbonyl (C=O) groups is 1. The first kappa shape index (κ1) is 12.6. The van der Waals surface area contributed by atoms with E-state index in [-0.39, 0.29) is 11.9 Å². The molecule has 104 valence electrons. The van der Waals surface area contributed by atoms with Crippen molar-refractivity contribution in [2.75, 3.05) is 19.8 Å². The lowest BCUT2D eigenvalue weighted by Gasteiger charge is -2.28. The maximum atomic E-state index is 12.0. The van der Waals surface area contributed by atoms with E-state index in [1.807, 2.05) is 6.92 Å². The molecule has 3 heterocycles. The van der Waals surface area contributed by atoms with Crippen molar-refractivity contribution in [1.82, 2.24) is 20.1 Å². The Morgan fingerprint density at radius 2 is 2.32 bits per heavy atom. The number of nitrogens with zero attached hydrogens (tertiary/aromatic N) is 3.